The largest absolute Gasteiger partial charge is 0.379 e. The number of H-pyrrole nitrogens is 1. The number of nitrogens with one attached hydrogen (secondary N) is 1. The third-order valence-electron chi connectivity index (χ3n) is 4.01. The summed E-state index contributed by atoms with van der Waals surface area (Å²) in [5.41, 5.74) is 2.41. The average molecular weight is 309 g/mol. The number of ether oxygens (including phenoxy) is 1. The van der Waals surface area contributed by atoms with Gasteiger partial charge in [-0.15, -0.1) is 0 Å². The van der Waals surface area contributed by atoms with Gasteiger partial charge in [-0.1, -0.05) is 0 Å². The van der Waals surface area contributed by atoms with Gasteiger partial charge in [0, 0.05) is 26.2 Å². The van der Waals surface area contributed by atoms with Crippen molar-refractivity contribution in [2.75, 3.05) is 32.8 Å². The SMILES string of the molecule is Cc1cc2c(cc1F)[nH]c(=S)n2CCCN1CCOCC1. The first kappa shape index (κ1) is 14.7. The molecule has 4 nitrogen and oxygen atoms in total. The van der Waals surface area contributed by atoms with E-state index in [1.165, 1.54) is 6.07 Å². The molecule has 114 valence electrons. The number of fused-ring (bicyclic) bond motifs is 1. The van der Waals surface area contributed by atoms with Gasteiger partial charge in [0.2, 0.25) is 0 Å². The summed E-state index contributed by atoms with van der Waals surface area (Å²) >= 11 is 5.36. The molecule has 2 heterocycles. The number of hydrogen-bond acceptors (Lipinski definition) is 3. The fourth-order valence-corrected chi connectivity index (χ4v) is 3.08. The van der Waals surface area contributed by atoms with Gasteiger partial charge in [0.05, 0.1) is 24.2 Å². The number of benzene rings is 1. The van der Waals surface area contributed by atoms with Crippen LogP contribution in [0.15, 0.2) is 12.1 Å². The van der Waals surface area contributed by atoms with Gasteiger partial charge in [-0.2, -0.15) is 0 Å². The first-order valence-corrected chi connectivity index (χ1v) is 7.75. The van der Waals surface area contributed by atoms with Crippen molar-refractivity contribution in [2.45, 2.75) is 19.9 Å². The van der Waals surface area contributed by atoms with Crippen molar-refractivity contribution in [3.63, 3.8) is 0 Å². The van der Waals surface area contributed by atoms with Crippen molar-refractivity contribution >= 4 is 23.3 Å². The summed E-state index contributed by atoms with van der Waals surface area (Å²) in [6.45, 7) is 7.32. The third kappa shape index (κ3) is 3.17. The summed E-state index contributed by atoms with van der Waals surface area (Å²) in [6, 6.07) is 3.39. The molecule has 0 saturated carbocycles. The fraction of sp³-hybridized carbons (Fsp3) is 0.533. The monoisotopic (exact) mass is 309 g/mol. The molecule has 1 saturated heterocycles. The Labute approximate surface area is 128 Å². The molecule has 0 aliphatic carbocycles. The van der Waals surface area contributed by atoms with Crippen molar-refractivity contribution in [1.82, 2.24) is 14.5 Å². The van der Waals surface area contributed by atoms with Crippen LogP contribution in [0.5, 0.6) is 0 Å². The smallest absolute Gasteiger partial charge is 0.178 e. The molecular formula is C15H20FN3OS. The van der Waals surface area contributed by atoms with Crippen LogP contribution in [0.4, 0.5) is 4.39 Å². The Kier molecular flexibility index (Phi) is 4.37. The van der Waals surface area contributed by atoms with Gasteiger partial charge >= 0.3 is 0 Å². The molecule has 1 N–H and O–H groups in total. The van der Waals surface area contributed by atoms with Crippen LogP contribution >= 0.6 is 12.2 Å². The first-order valence-electron chi connectivity index (χ1n) is 7.34. The molecule has 1 fully saturated rings. The van der Waals surface area contributed by atoms with Gasteiger partial charge in [-0.05, 0) is 43.3 Å². The van der Waals surface area contributed by atoms with Crippen LogP contribution < -0.4 is 0 Å². The van der Waals surface area contributed by atoms with Crippen LogP contribution in [-0.2, 0) is 11.3 Å². The summed E-state index contributed by atoms with van der Waals surface area (Å²) in [6.07, 6.45) is 1.03. The summed E-state index contributed by atoms with van der Waals surface area (Å²) in [4.78, 5) is 5.50. The Bertz CT molecular complexity index is 688. The number of hydrogen-bond donors (Lipinski definition) is 1. The van der Waals surface area contributed by atoms with Gasteiger partial charge < -0.3 is 14.3 Å². The molecule has 6 heteroatoms. The van der Waals surface area contributed by atoms with Crippen LogP contribution in [-0.4, -0.2) is 47.3 Å². The molecule has 0 spiro atoms. The van der Waals surface area contributed by atoms with E-state index in [2.05, 4.69) is 14.5 Å². The maximum absolute atomic E-state index is 13.6. The lowest BCUT2D eigenvalue weighted by molar-refractivity contribution is 0.0369. The molecule has 2 aromatic rings. The fourth-order valence-electron chi connectivity index (χ4n) is 2.78. The van der Waals surface area contributed by atoms with Crippen LogP contribution in [0.2, 0.25) is 0 Å². The molecule has 0 radical (unpaired) electrons. The maximum Gasteiger partial charge on any atom is 0.178 e. The second-order valence-corrected chi connectivity index (χ2v) is 5.89. The molecule has 1 aromatic carbocycles. The Morgan fingerprint density at radius 3 is 2.81 bits per heavy atom. The minimum atomic E-state index is -0.195. The average Bonchev–Trinajstić information content (AvgIpc) is 2.76. The van der Waals surface area contributed by atoms with E-state index in [0.29, 0.717) is 10.3 Å². The highest BCUT2D eigenvalue weighted by molar-refractivity contribution is 7.71. The Balaban J connectivity index is 1.72. The molecule has 0 amide bonds. The zero-order valence-corrected chi connectivity index (χ0v) is 13.0. The first-order chi connectivity index (χ1) is 10.1. The van der Waals surface area contributed by atoms with Crippen molar-refractivity contribution < 1.29 is 9.13 Å². The molecule has 1 aliphatic heterocycles. The van der Waals surface area contributed by atoms with E-state index in [4.69, 9.17) is 17.0 Å². The molecule has 0 bridgehead atoms. The predicted octanol–water partition coefficient (Wildman–Crippen LogP) is 2.87. The second-order valence-electron chi connectivity index (χ2n) is 5.51. The van der Waals surface area contributed by atoms with Crippen molar-refractivity contribution in [2.24, 2.45) is 0 Å². The summed E-state index contributed by atoms with van der Waals surface area (Å²) in [5, 5.41) is 0. The number of halogens is 1. The molecule has 1 aliphatic rings. The van der Waals surface area contributed by atoms with Crippen molar-refractivity contribution in [1.29, 1.82) is 0 Å². The highest BCUT2D eigenvalue weighted by atomic mass is 32.1. The van der Waals surface area contributed by atoms with E-state index < -0.39 is 0 Å². The highest BCUT2D eigenvalue weighted by Gasteiger charge is 2.11. The Morgan fingerprint density at radius 1 is 1.29 bits per heavy atom. The number of nitrogens with zero attached hydrogens (tertiary/aromatic N) is 2. The topological polar surface area (TPSA) is 33.2 Å². The Hall–Kier alpha value is -1.24. The number of aryl methyl sites for hydroxylation is 2. The minimum absolute atomic E-state index is 0.195. The third-order valence-corrected chi connectivity index (χ3v) is 4.34. The van der Waals surface area contributed by atoms with Crippen molar-refractivity contribution in [3.05, 3.63) is 28.3 Å². The van der Waals surface area contributed by atoms with E-state index in [-0.39, 0.29) is 5.82 Å². The van der Waals surface area contributed by atoms with E-state index >= 15 is 0 Å². The van der Waals surface area contributed by atoms with Gasteiger partial charge in [-0.25, -0.2) is 4.39 Å². The minimum Gasteiger partial charge on any atom is -0.379 e. The van der Waals surface area contributed by atoms with E-state index in [9.17, 15) is 4.39 Å². The number of morpholine rings is 1. The molecule has 0 atom stereocenters. The highest BCUT2D eigenvalue weighted by Crippen LogP contribution is 2.19. The molecule has 3 rings (SSSR count). The lowest BCUT2D eigenvalue weighted by Gasteiger charge is -2.26. The maximum atomic E-state index is 13.6. The van der Waals surface area contributed by atoms with Gasteiger partial charge in [0.15, 0.2) is 4.77 Å². The quantitative estimate of drug-likeness (QED) is 0.882. The van der Waals surface area contributed by atoms with E-state index in [1.807, 2.05) is 6.07 Å². The van der Waals surface area contributed by atoms with Crippen LogP contribution in [0.1, 0.15) is 12.0 Å². The summed E-state index contributed by atoms with van der Waals surface area (Å²) in [7, 11) is 0. The van der Waals surface area contributed by atoms with Gasteiger partial charge in [0.1, 0.15) is 5.82 Å². The van der Waals surface area contributed by atoms with Crippen LogP contribution in [0.3, 0.4) is 0 Å². The number of aromatic nitrogens is 2. The number of rotatable bonds is 4. The normalized spacial score (nSPS) is 16.7. The Morgan fingerprint density at radius 2 is 2.05 bits per heavy atom. The molecule has 0 unspecified atom stereocenters. The van der Waals surface area contributed by atoms with Gasteiger partial charge in [-0.3, -0.25) is 4.90 Å². The molecule has 21 heavy (non-hydrogen) atoms. The number of imidazole rings is 1. The van der Waals surface area contributed by atoms with E-state index in [0.717, 1.165) is 56.8 Å². The standard InChI is InChI=1S/C15H20FN3OS/c1-11-9-14-13(10-12(11)16)17-15(21)19(14)4-2-3-18-5-7-20-8-6-18/h9-10H,2-8H2,1H3,(H,17,21). The van der Waals surface area contributed by atoms with Crippen LogP contribution in [0, 0.1) is 17.5 Å². The lowest BCUT2D eigenvalue weighted by atomic mass is 10.2. The molecular weight excluding hydrogens is 289 g/mol. The van der Waals surface area contributed by atoms with Crippen LogP contribution in [0.25, 0.3) is 11.0 Å². The predicted molar refractivity (Wildman–Crippen MR) is 83.7 cm³/mol. The van der Waals surface area contributed by atoms with E-state index in [1.54, 1.807) is 6.92 Å². The summed E-state index contributed by atoms with van der Waals surface area (Å²) < 4.78 is 21.7. The lowest BCUT2D eigenvalue weighted by Crippen LogP contribution is -2.37. The number of aromatic amines is 1. The van der Waals surface area contributed by atoms with Gasteiger partial charge in [0.25, 0.3) is 0 Å². The molecule has 1 aromatic heterocycles. The zero-order valence-electron chi connectivity index (χ0n) is 12.2. The second kappa shape index (κ2) is 6.25. The van der Waals surface area contributed by atoms with Crippen molar-refractivity contribution in [3.8, 4) is 0 Å². The zero-order chi connectivity index (χ0) is 14.8. The summed E-state index contributed by atoms with van der Waals surface area (Å²) in [5.74, 6) is -0.195.